The number of hydrogen-bond acceptors (Lipinski definition) is 1. The molecule has 0 N–H and O–H groups in total. The second-order valence-electron chi connectivity index (χ2n) is 9.64. The highest BCUT2D eigenvalue weighted by Gasteiger charge is 2.28. The van der Waals surface area contributed by atoms with E-state index in [1.54, 1.807) is 12.1 Å². The fourth-order valence-electron chi connectivity index (χ4n) is 5.51. The first kappa shape index (κ1) is 23.8. The SMILES string of the molecule is FCCCN1CC(Cc2ccc(C3=C(c4cccc(F)c4F)CCCc4ccccc43)cc2F)C1. The normalized spacial score (nSPS) is 16.7. The van der Waals surface area contributed by atoms with Crippen molar-refractivity contribution in [1.29, 1.82) is 0 Å². The van der Waals surface area contributed by atoms with Crippen LogP contribution in [0.2, 0.25) is 0 Å². The minimum absolute atomic E-state index is 0.240. The number of fused-ring (bicyclic) bond motifs is 1. The summed E-state index contributed by atoms with van der Waals surface area (Å²) in [7, 11) is 0. The molecule has 1 saturated heterocycles. The third-order valence-corrected chi connectivity index (χ3v) is 7.23. The summed E-state index contributed by atoms with van der Waals surface area (Å²) in [6, 6.07) is 17.5. The van der Waals surface area contributed by atoms with Crippen LogP contribution in [0.4, 0.5) is 17.6 Å². The Labute approximate surface area is 204 Å². The number of aryl methyl sites for hydroxylation is 1. The molecule has 1 nitrogen and oxygen atoms in total. The smallest absolute Gasteiger partial charge is 0.166 e. The summed E-state index contributed by atoms with van der Waals surface area (Å²) >= 11 is 0. The quantitative estimate of drug-likeness (QED) is 0.323. The highest BCUT2D eigenvalue weighted by Crippen LogP contribution is 2.41. The van der Waals surface area contributed by atoms with Gasteiger partial charge >= 0.3 is 0 Å². The number of alkyl halides is 1. The highest BCUT2D eigenvalue weighted by molar-refractivity contribution is 6.00. The molecule has 0 amide bonds. The van der Waals surface area contributed by atoms with Crippen LogP contribution in [0.25, 0.3) is 11.1 Å². The van der Waals surface area contributed by atoms with Gasteiger partial charge in [-0.2, -0.15) is 0 Å². The number of likely N-dealkylation sites (tertiary alicyclic amines) is 1. The van der Waals surface area contributed by atoms with Gasteiger partial charge in [0.1, 0.15) is 5.82 Å². The van der Waals surface area contributed by atoms with Gasteiger partial charge in [0.25, 0.3) is 0 Å². The Kier molecular flexibility index (Phi) is 7.05. The molecule has 0 aromatic heterocycles. The zero-order chi connectivity index (χ0) is 24.4. The van der Waals surface area contributed by atoms with Crippen LogP contribution in [-0.2, 0) is 12.8 Å². The maximum Gasteiger partial charge on any atom is 0.166 e. The van der Waals surface area contributed by atoms with Gasteiger partial charge < -0.3 is 4.90 Å². The standard InChI is InChI=1S/C30H29F4N/c31-14-5-15-35-18-20(19-35)16-22-12-13-23(17-28(22)33)29-24-8-2-1-6-21(24)7-3-9-25(29)26-10-4-11-27(32)30(26)34/h1-2,4,6,8,10-13,17,20H,3,5,7,9,14-16,18-19H2. The predicted molar refractivity (Wildman–Crippen MR) is 132 cm³/mol. The van der Waals surface area contributed by atoms with Crippen molar-refractivity contribution in [2.75, 3.05) is 26.3 Å². The maximum absolute atomic E-state index is 15.4. The van der Waals surface area contributed by atoms with Gasteiger partial charge in [-0.15, -0.1) is 0 Å². The summed E-state index contributed by atoms with van der Waals surface area (Å²) in [4.78, 5) is 2.20. The molecule has 5 rings (SSSR count). The molecule has 0 bridgehead atoms. The Hall–Kier alpha value is -2.92. The van der Waals surface area contributed by atoms with Crippen molar-refractivity contribution in [3.05, 3.63) is 106 Å². The van der Waals surface area contributed by atoms with E-state index in [1.165, 1.54) is 6.07 Å². The van der Waals surface area contributed by atoms with Crippen LogP contribution in [0.5, 0.6) is 0 Å². The molecular formula is C30H29F4N. The van der Waals surface area contributed by atoms with Crippen molar-refractivity contribution in [3.63, 3.8) is 0 Å². The number of rotatable bonds is 7. The maximum atomic E-state index is 15.4. The number of allylic oxidation sites excluding steroid dienone is 1. The van der Waals surface area contributed by atoms with Crippen LogP contribution in [0, 0.1) is 23.4 Å². The van der Waals surface area contributed by atoms with Gasteiger partial charge in [0.2, 0.25) is 0 Å². The molecule has 0 saturated carbocycles. The van der Waals surface area contributed by atoms with E-state index in [2.05, 4.69) is 11.0 Å². The summed E-state index contributed by atoms with van der Waals surface area (Å²) in [5.74, 6) is -1.66. The van der Waals surface area contributed by atoms with E-state index in [9.17, 15) is 13.2 Å². The van der Waals surface area contributed by atoms with Crippen molar-refractivity contribution in [2.24, 2.45) is 5.92 Å². The molecule has 1 heterocycles. The minimum Gasteiger partial charge on any atom is -0.303 e. The molecule has 5 heteroatoms. The zero-order valence-electron chi connectivity index (χ0n) is 19.7. The van der Waals surface area contributed by atoms with E-state index >= 15 is 4.39 Å². The van der Waals surface area contributed by atoms with E-state index in [4.69, 9.17) is 0 Å². The monoisotopic (exact) mass is 479 g/mol. The van der Waals surface area contributed by atoms with Crippen LogP contribution in [0.1, 0.15) is 47.1 Å². The average molecular weight is 480 g/mol. The lowest BCUT2D eigenvalue weighted by Gasteiger charge is -2.39. The molecule has 0 radical (unpaired) electrons. The molecule has 182 valence electrons. The molecular weight excluding hydrogens is 450 g/mol. The van der Waals surface area contributed by atoms with Crippen LogP contribution in [0.3, 0.4) is 0 Å². The molecule has 2 aliphatic rings. The van der Waals surface area contributed by atoms with Gasteiger partial charge in [0, 0.05) is 25.2 Å². The molecule has 3 aromatic carbocycles. The third kappa shape index (κ3) is 4.92. The lowest BCUT2D eigenvalue weighted by molar-refractivity contribution is 0.0962. The van der Waals surface area contributed by atoms with E-state index < -0.39 is 11.6 Å². The molecule has 1 aliphatic heterocycles. The largest absolute Gasteiger partial charge is 0.303 e. The minimum atomic E-state index is -0.880. The Morgan fingerprint density at radius 1 is 0.829 bits per heavy atom. The van der Waals surface area contributed by atoms with Gasteiger partial charge in [0.15, 0.2) is 11.6 Å². The van der Waals surface area contributed by atoms with Crippen LogP contribution >= 0.6 is 0 Å². The van der Waals surface area contributed by atoms with Crippen molar-refractivity contribution in [2.45, 2.75) is 32.1 Å². The summed E-state index contributed by atoms with van der Waals surface area (Å²) < 4.78 is 56.8. The predicted octanol–water partition coefficient (Wildman–Crippen LogP) is 7.23. The molecule has 1 aliphatic carbocycles. The fraction of sp³-hybridized carbons (Fsp3) is 0.333. The van der Waals surface area contributed by atoms with Crippen molar-refractivity contribution in [3.8, 4) is 0 Å². The van der Waals surface area contributed by atoms with E-state index in [1.807, 2.05) is 30.3 Å². The third-order valence-electron chi connectivity index (χ3n) is 7.23. The van der Waals surface area contributed by atoms with Gasteiger partial charge in [-0.05, 0) is 83.6 Å². The average Bonchev–Trinajstić information content (AvgIpc) is 3.02. The Morgan fingerprint density at radius 2 is 1.63 bits per heavy atom. The molecule has 0 spiro atoms. The van der Waals surface area contributed by atoms with Gasteiger partial charge in [-0.25, -0.2) is 13.2 Å². The summed E-state index contributed by atoms with van der Waals surface area (Å²) in [6.45, 7) is 2.17. The number of benzene rings is 3. The molecule has 3 aromatic rings. The Morgan fingerprint density at radius 3 is 2.43 bits per heavy atom. The van der Waals surface area contributed by atoms with Crippen LogP contribution in [0.15, 0.2) is 60.7 Å². The first-order valence-electron chi connectivity index (χ1n) is 12.4. The van der Waals surface area contributed by atoms with Crippen molar-refractivity contribution >= 4 is 11.1 Å². The highest BCUT2D eigenvalue weighted by atomic mass is 19.2. The van der Waals surface area contributed by atoms with E-state index in [-0.39, 0.29) is 18.1 Å². The van der Waals surface area contributed by atoms with Crippen molar-refractivity contribution < 1.29 is 17.6 Å². The molecule has 35 heavy (non-hydrogen) atoms. The van der Waals surface area contributed by atoms with Gasteiger partial charge in [-0.3, -0.25) is 4.39 Å². The number of nitrogens with zero attached hydrogens (tertiary/aromatic N) is 1. The Bertz CT molecular complexity index is 1240. The molecule has 1 fully saturated rings. The van der Waals surface area contributed by atoms with Crippen LogP contribution < -0.4 is 0 Å². The fourth-order valence-corrected chi connectivity index (χ4v) is 5.51. The van der Waals surface area contributed by atoms with Crippen molar-refractivity contribution in [1.82, 2.24) is 4.90 Å². The lowest BCUT2D eigenvalue weighted by Crippen LogP contribution is -2.48. The second-order valence-corrected chi connectivity index (χ2v) is 9.64. The second kappa shape index (κ2) is 10.4. The number of halogens is 4. The summed E-state index contributed by atoms with van der Waals surface area (Å²) in [6.07, 6.45) is 3.37. The summed E-state index contributed by atoms with van der Waals surface area (Å²) in [5, 5.41) is 0. The first-order valence-corrected chi connectivity index (χ1v) is 12.4. The first-order chi connectivity index (χ1) is 17.0. The van der Waals surface area contributed by atoms with Gasteiger partial charge in [0.05, 0.1) is 6.67 Å². The molecule has 0 atom stereocenters. The summed E-state index contributed by atoms with van der Waals surface area (Å²) in [5.41, 5.74) is 5.13. The van der Waals surface area contributed by atoms with Gasteiger partial charge in [-0.1, -0.05) is 48.5 Å². The lowest BCUT2D eigenvalue weighted by atomic mass is 9.86. The zero-order valence-corrected chi connectivity index (χ0v) is 19.7. The van der Waals surface area contributed by atoms with E-state index in [0.717, 1.165) is 55.2 Å². The topological polar surface area (TPSA) is 3.24 Å². The molecule has 0 unspecified atom stereocenters. The van der Waals surface area contributed by atoms with E-state index in [0.29, 0.717) is 41.9 Å². The van der Waals surface area contributed by atoms with Crippen LogP contribution in [-0.4, -0.2) is 31.2 Å². The Balaban J connectivity index is 1.52. The number of hydrogen-bond donors (Lipinski definition) is 0.